The molecule has 0 amide bonds. The van der Waals surface area contributed by atoms with E-state index < -0.39 is 13.2 Å². The van der Waals surface area contributed by atoms with Crippen molar-refractivity contribution in [1.82, 2.24) is 9.55 Å². The molecule has 10 rings (SSSR count). The first-order valence-electron chi connectivity index (χ1n) is 19.2. The van der Waals surface area contributed by atoms with Crippen molar-refractivity contribution in [2.45, 2.75) is 13.2 Å². The SMILES string of the molecule is [2H]C([2H])([2H])C([2H])([2H])c1nc2ccccc2n1-c1ccc(-c2ccc(-c3c4ccccc4c(-c4ccc5oc6ccccc6c5c4)c4ccccc34)cc2)cc1. The van der Waals surface area contributed by atoms with Gasteiger partial charge in [0.25, 0.3) is 0 Å². The molecule has 0 spiro atoms. The number of rotatable bonds is 5. The molecule has 0 fully saturated rings. The fourth-order valence-corrected chi connectivity index (χ4v) is 7.64. The first-order chi connectivity index (χ1) is 26.7. The normalized spacial score (nSPS) is 13.8. The monoisotopic (exact) mass is 645 g/mol. The summed E-state index contributed by atoms with van der Waals surface area (Å²) in [5.74, 6) is -0.146. The van der Waals surface area contributed by atoms with Gasteiger partial charge in [0.2, 0.25) is 0 Å². The maximum absolute atomic E-state index is 8.53. The van der Waals surface area contributed by atoms with Gasteiger partial charge in [-0.2, -0.15) is 0 Å². The molecular weight excluding hydrogens is 609 g/mol. The van der Waals surface area contributed by atoms with Crippen LogP contribution in [0, 0.1) is 0 Å². The zero-order chi connectivity index (χ0) is 37.5. The van der Waals surface area contributed by atoms with Crippen molar-refractivity contribution in [2.24, 2.45) is 0 Å². The smallest absolute Gasteiger partial charge is 0.135 e. The highest BCUT2D eigenvalue weighted by Gasteiger charge is 2.18. The summed E-state index contributed by atoms with van der Waals surface area (Å²) in [6, 6.07) is 55.5. The number of nitrogens with zero attached hydrogens (tertiary/aromatic N) is 2. The molecule has 50 heavy (non-hydrogen) atoms. The van der Waals surface area contributed by atoms with E-state index >= 15 is 0 Å². The number of fused-ring (bicyclic) bond motifs is 6. The summed E-state index contributed by atoms with van der Waals surface area (Å²) >= 11 is 0. The van der Waals surface area contributed by atoms with E-state index in [2.05, 4.69) is 108 Å². The predicted octanol–water partition coefficient (Wildman–Crippen LogP) is 12.8. The minimum absolute atomic E-state index is 0.146. The standard InChI is InChI=1S/C47H32N2O/c1-2-45-48-41-16-8-9-17-42(41)49(45)34-26-23-31(24-27-34)30-19-21-32(22-20-30)46-36-12-3-5-14-38(36)47(39-15-6-4-13-37(39)46)33-25-28-44-40(29-33)35-11-7-10-18-43(35)50-44/h3-29H,2H2,1H3/i1D3,2D2. The Morgan fingerprint density at radius 3 is 1.72 bits per heavy atom. The molecule has 2 heterocycles. The summed E-state index contributed by atoms with van der Waals surface area (Å²) < 4.78 is 48.6. The molecule has 0 atom stereocenters. The van der Waals surface area contributed by atoms with E-state index in [0.29, 0.717) is 16.7 Å². The quantitative estimate of drug-likeness (QED) is 0.174. The van der Waals surface area contributed by atoms with Crippen molar-refractivity contribution in [3.63, 3.8) is 0 Å². The van der Waals surface area contributed by atoms with E-state index in [9.17, 15) is 0 Å². The molecule has 0 aliphatic rings. The van der Waals surface area contributed by atoms with Crippen LogP contribution in [0.15, 0.2) is 168 Å². The fraction of sp³-hybridized carbons (Fsp3) is 0.0426. The molecule has 0 aliphatic carbocycles. The molecule has 0 saturated heterocycles. The topological polar surface area (TPSA) is 31.0 Å². The number of aryl methyl sites for hydroxylation is 1. The molecule has 236 valence electrons. The Kier molecular flexibility index (Phi) is 5.39. The Balaban J connectivity index is 1.06. The van der Waals surface area contributed by atoms with Gasteiger partial charge in [-0.3, -0.25) is 4.57 Å². The van der Waals surface area contributed by atoms with Crippen molar-refractivity contribution < 1.29 is 11.3 Å². The van der Waals surface area contributed by atoms with Crippen molar-refractivity contribution in [1.29, 1.82) is 0 Å². The van der Waals surface area contributed by atoms with Crippen molar-refractivity contribution >= 4 is 54.5 Å². The average Bonchev–Trinajstić information content (AvgIpc) is 3.79. The lowest BCUT2D eigenvalue weighted by Crippen LogP contribution is -1.99. The van der Waals surface area contributed by atoms with Gasteiger partial charge >= 0.3 is 0 Å². The molecule has 0 unspecified atom stereocenters. The van der Waals surface area contributed by atoms with Gasteiger partial charge in [0, 0.05) is 29.7 Å². The molecule has 3 nitrogen and oxygen atoms in total. The fourth-order valence-electron chi connectivity index (χ4n) is 7.64. The highest BCUT2D eigenvalue weighted by atomic mass is 16.3. The van der Waals surface area contributed by atoms with Gasteiger partial charge in [-0.25, -0.2) is 4.98 Å². The van der Waals surface area contributed by atoms with Crippen LogP contribution in [0.25, 0.3) is 93.6 Å². The summed E-state index contributed by atoms with van der Waals surface area (Å²) in [5.41, 5.74) is 10.2. The van der Waals surface area contributed by atoms with Crippen LogP contribution in [0.5, 0.6) is 0 Å². The Morgan fingerprint density at radius 2 is 1.04 bits per heavy atom. The second kappa shape index (κ2) is 11.3. The first-order valence-corrected chi connectivity index (χ1v) is 16.7. The van der Waals surface area contributed by atoms with Gasteiger partial charge in [0.05, 0.1) is 11.0 Å². The first kappa shape index (κ1) is 23.8. The molecule has 0 aliphatic heterocycles. The number of hydrogen-bond acceptors (Lipinski definition) is 2. The predicted molar refractivity (Wildman–Crippen MR) is 209 cm³/mol. The van der Waals surface area contributed by atoms with Gasteiger partial charge in [-0.05, 0) is 97.4 Å². The Labute approximate surface area is 296 Å². The van der Waals surface area contributed by atoms with Crippen LogP contribution in [0.4, 0.5) is 0 Å². The minimum atomic E-state index is -2.89. The molecule has 0 N–H and O–H groups in total. The summed E-state index contributed by atoms with van der Waals surface area (Å²) in [6.45, 7) is -2.89. The molecule has 0 saturated carbocycles. The number of benzene rings is 8. The van der Waals surface area contributed by atoms with E-state index in [-0.39, 0.29) is 5.82 Å². The average molecular weight is 646 g/mol. The van der Waals surface area contributed by atoms with Crippen molar-refractivity contribution in [3.05, 3.63) is 170 Å². The van der Waals surface area contributed by atoms with Gasteiger partial charge < -0.3 is 4.42 Å². The number of aromatic nitrogens is 2. The molecule has 3 heteroatoms. The maximum atomic E-state index is 8.53. The molecular formula is C47H32N2O. The van der Waals surface area contributed by atoms with Crippen LogP contribution in [0.2, 0.25) is 0 Å². The number of imidazole rings is 1. The van der Waals surface area contributed by atoms with Crippen molar-refractivity contribution in [2.75, 3.05) is 0 Å². The zero-order valence-electron chi connectivity index (χ0n) is 31.9. The van der Waals surface area contributed by atoms with E-state index in [1.54, 1.807) is 10.6 Å². The number of para-hydroxylation sites is 3. The summed E-state index contributed by atoms with van der Waals surface area (Å²) in [6.07, 6.45) is -2.66. The third-order valence-corrected chi connectivity index (χ3v) is 9.90. The third-order valence-electron chi connectivity index (χ3n) is 9.90. The van der Waals surface area contributed by atoms with E-state index in [4.69, 9.17) is 11.3 Å². The Bertz CT molecular complexity index is 3050. The lowest BCUT2D eigenvalue weighted by atomic mass is 9.85. The van der Waals surface area contributed by atoms with Gasteiger partial charge in [-0.15, -0.1) is 0 Å². The van der Waals surface area contributed by atoms with Crippen LogP contribution in [0.3, 0.4) is 0 Å². The van der Waals surface area contributed by atoms with E-state index in [0.717, 1.165) is 44.2 Å². The highest BCUT2D eigenvalue weighted by Crippen LogP contribution is 2.45. The number of furan rings is 1. The molecule has 2 aromatic heterocycles. The maximum Gasteiger partial charge on any atom is 0.135 e. The second-order valence-corrected chi connectivity index (χ2v) is 12.7. The minimum Gasteiger partial charge on any atom is -0.456 e. The lowest BCUT2D eigenvalue weighted by Gasteiger charge is -2.18. The molecule has 8 aromatic carbocycles. The summed E-state index contributed by atoms with van der Waals surface area (Å²) in [4.78, 5) is 4.46. The van der Waals surface area contributed by atoms with Gasteiger partial charge in [0.1, 0.15) is 17.0 Å². The molecule has 0 radical (unpaired) electrons. The third kappa shape index (κ3) is 4.40. The zero-order valence-corrected chi connectivity index (χ0v) is 26.9. The largest absolute Gasteiger partial charge is 0.456 e. The van der Waals surface area contributed by atoms with E-state index in [1.807, 2.05) is 54.6 Å². The molecule has 10 aromatic rings. The van der Waals surface area contributed by atoms with Crippen LogP contribution in [-0.2, 0) is 6.37 Å². The lowest BCUT2D eigenvalue weighted by molar-refractivity contribution is 0.669. The van der Waals surface area contributed by atoms with Crippen LogP contribution < -0.4 is 0 Å². The Morgan fingerprint density at radius 1 is 0.520 bits per heavy atom. The van der Waals surface area contributed by atoms with Crippen LogP contribution in [-0.4, -0.2) is 9.55 Å². The van der Waals surface area contributed by atoms with Crippen molar-refractivity contribution in [3.8, 4) is 39.1 Å². The van der Waals surface area contributed by atoms with Gasteiger partial charge in [0.15, 0.2) is 0 Å². The Hall–Kier alpha value is -6.45. The van der Waals surface area contributed by atoms with E-state index in [1.165, 1.54) is 32.7 Å². The van der Waals surface area contributed by atoms with Crippen LogP contribution in [0.1, 0.15) is 19.5 Å². The van der Waals surface area contributed by atoms with Gasteiger partial charge in [-0.1, -0.05) is 128 Å². The second-order valence-electron chi connectivity index (χ2n) is 12.7. The highest BCUT2D eigenvalue weighted by molar-refractivity contribution is 6.22. The summed E-state index contributed by atoms with van der Waals surface area (Å²) in [5, 5.41) is 6.91. The molecule has 0 bridgehead atoms. The number of hydrogen-bond donors (Lipinski definition) is 0. The summed E-state index contributed by atoms with van der Waals surface area (Å²) in [7, 11) is 0. The van der Waals surface area contributed by atoms with Crippen LogP contribution >= 0.6 is 0 Å².